The van der Waals surface area contributed by atoms with Crippen LogP contribution in [-0.2, 0) is 26.1 Å². The summed E-state index contributed by atoms with van der Waals surface area (Å²) in [6.45, 7) is 3.53. The van der Waals surface area contributed by atoms with E-state index in [2.05, 4.69) is 43.7 Å². The van der Waals surface area contributed by atoms with Crippen LogP contribution in [0.3, 0.4) is 0 Å². The fraction of sp³-hybridized carbons (Fsp3) is 0.227. The molecule has 3 aromatic heterocycles. The van der Waals surface area contributed by atoms with Crippen molar-refractivity contribution in [2.75, 3.05) is 6.54 Å². The van der Waals surface area contributed by atoms with E-state index < -0.39 is 0 Å². The van der Waals surface area contributed by atoms with Gasteiger partial charge in [0, 0.05) is 50.6 Å². The van der Waals surface area contributed by atoms with Gasteiger partial charge in [-0.2, -0.15) is 0 Å². The molecule has 6 nitrogen and oxygen atoms in total. The number of hydrogen-bond donors (Lipinski definition) is 0. The molecular weight excluding hydrogens is 350 g/mol. The Kier molecular flexibility index (Phi) is 4.47. The molecule has 0 amide bonds. The van der Waals surface area contributed by atoms with Crippen molar-refractivity contribution in [2.24, 2.45) is 0 Å². The lowest BCUT2D eigenvalue weighted by Gasteiger charge is -2.28. The molecule has 6 heteroatoms. The molecule has 1 aliphatic rings. The maximum Gasteiger partial charge on any atom is 0.195 e. The molecule has 0 saturated carbocycles. The molecule has 0 saturated heterocycles. The van der Waals surface area contributed by atoms with Crippen LogP contribution in [0.15, 0.2) is 71.9 Å². The van der Waals surface area contributed by atoms with E-state index in [1.54, 1.807) is 6.26 Å². The van der Waals surface area contributed by atoms with Gasteiger partial charge in [0.05, 0.1) is 24.0 Å². The summed E-state index contributed by atoms with van der Waals surface area (Å²) in [4.78, 5) is 16.0. The van der Waals surface area contributed by atoms with Crippen molar-refractivity contribution < 1.29 is 4.42 Å². The van der Waals surface area contributed by atoms with Crippen LogP contribution in [-0.4, -0.2) is 31.0 Å². The van der Waals surface area contributed by atoms with Crippen molar-refractivity contribution >= 4 is 0 Å². The monoisotopic (exact) mass is 371 g/mol. The second-order valence-electron chi connectivity index (χ2n) is 7.10. The lowest BCUT2D eigenvalue weighted by atomic mass is 10.1. The third-order valence-corrected chi connectivity index (χ3v) is 5.13. The van der Waals surface area contributed by atoms with Crippen LogP contribution in [0, 0.1) is 0 Å². The number of furan rings is 1. The highest BCUT2D eigenvalue weighted by molar-refractivity contribution is 5.46. The van der Waals surface area contributed by atoms with Crippen molar-refractivity contribution in [3.63, 3.8) is 0 Å². The molecule has 0 fully saturated rings. The Balaban J connectivity index is 1.29. The summed E-state index contributed by atoms with van der Waals surface area (Å²) in [5.41, 5.74) is 4.82. The van der Waals surface area contributed by atoms with Crippen LogP contribution in [0.25, 0.3) is 11.6 Å². The number of aromatic nitrogens is 4. The number of nitrogens with zero attached hydrogens (tertiary/aromatic N) is 5. The molecule has 0 N–H and O–H groups in total. The van der Waals surface area contributed by atoms with Crippen molar-refractivity contribution in [1.82, 2.24) is 24.4 Å². The number of benzene rings is 1. The average Bonchev–Trinajstić information content (AvgIpc) is 3.41. The lowest BCUT2D eigenvalue weighted by Crippen LogP contribution is -2.31. The molecule has 0 bridgehead atoms. The number of rotatable bonds is 5. The van der Waals surface area contributed by atoms with Crippen molar-refractivity contribution in [3.8, 4) is 11.6 Å². The smallest absolute Gasteiger partial charge is 0.195 e. The van der Waals surface area contributed by atoms with E-state index in [4.69, 9.17) is 9.40 Å². The zero-order valence-electron chi connectivity index (χ0n) is 15.5. The maximum atomic E-state index is 5.42. The minimum atomic E-state index is 0.665. The molecule has 1 aromatic carbocycles. The highest BCUT2D eigenvalue weighted by Crippen LogP contribution is 2.22. The van der Waals surface area contributed by atoms with Gasteiger partial charge in [-0.1, -0.05) is 30.3 Å². The third kappa shape index (κ3) is 3.46. The van der Waals surface area contributed by atoms with Crippen LogP contribution in [0.2, 0.25) is 0 Å². The van der Waals surface area contributed by atoms with E-state index in [0.717, 1.165) is 44.1 Å². The van der Waals surface area contributed by atoms with Gasteiger partial charge in [-0.3, -0.25) is 4.90 Å². The summed E-state index contributed by atoms with van der Waals surface area (Å²) in [5.74, 6) is 1.38. The molecule has 0 aliphatic carbocycles. The Morgan fingerprint density at radius 1 is 1.00 bits per heavy atom. The second-order valence-corrected chi connectivity index (χ2v) is 7.10. The molecule has 5 rings (SSSR count). The molecule has 0 atom stereocenters. The highest BCUT2D eigenvalue weighted by Gasteiger charge is 2.20. The summed E-state index contributed by atoms with van der Waals surface area (Å²) in [7, 11) is 0. The van der Waals surface area contributed by atoms with Crippen molar-refractivity contribution in [3.05, 3.63) is 90.0 Å². The first kappa shape index (κ1) is 16.9. The van der Waals surface area contributed by atoms with E-state index in [1.807, 2.05) is 36.9 Å². The fourth-order valence-electron chi connectivity index (χ4n) is 3.67. The second kappa shape index (κ2) is 7.40. The van der Waals surface area contributed by atoms with E-state index in [-0.39, 0.29) is 0 Å². The standard InChI is InChI=1S/C22H21N5O/c1-2-5-17(6-3-1)13-27-16-23-12-19(27)15-26-9-8-20-18(14-26)11-24-22(25-20)21-7-4-10-28-21/h1-7,10-12,16H,8-9,13-15H2. The van der Waals surface area contributed by atoms with Crippen molar-refractivity contribution in [1.29, 1.82) is 0 Å². The minimum absolute atomic E-state index is 0.665. The quantitative estimate of drug-likeness (QED) is 0.537. The Morgan fingerprint density at radius 3 is 2.79 bits per heavy atom. The number of imidazole rings is 1. The first-order chi connectivity index (χ1) is 13.8. The van der Waals surface area contributed by atoms with E-state index in [9.17, 15) is 0 Å². The normalized spacial score (nSPS) is 14.1. The average molecular weight is 371 g/mol. The summed E-state index contributed by atoms with van der Waals surface area (Å²) in [6.07, 6.45) is 8.39. The summed E-state index contributed by atoms with van der Waals surface area (Å²) < 4.78 is 7.64. The van der Waals surface area contributed by atoms with Gasteiger partial charge in [-0.25, -0.2) is 15.0 Å². The zero-order valence-corrected chi connectivity index (χ0v) is 15.5. The lowest BCUT2D eigenvalue weighted by molar-refractivity contribution is 0.237. The first-order valence-corrected chi connectivity index (χ1v) is 9.49. The summed E-state index contributed by atoms with van der Waals surface area (Å²) in [6, 6.07) is 14.2. The van der Waals surface area contributed by atoms with Gasteiger partial charge in [0.2, 0.25) is 0 Å². The Hall–Kier alpha value is -3.25. The summed E-state index contributed by atoms with van der Waals surface area (Å²) in [5, 5.41) is 0. The molecule has 0 radical (unpaired) electrons. The topological polar surface area (TPSA) is 60.0 Å². The third-order valence-electron chi connectivity index (χ3n) is 5.13. The van der Waals surface area contributed by atoms with Crippen molar-refractivity contribution in [2.45, 2.75) is 26.1 Å². The van der Waals surface area contributed by atoms with E-state index in [0.29, 0.717) is 5.82 Å². The van der Waals surface area contributed by atoms with Crippen LogP contribution in [0.5, 0.6) is 0 Å². The zero-order chi connectivity index (χ0) is 18.8. The van der Waals surface area contributed by atoms with Crippen LogP contribution in [0.4, 0.5) is 0 Å². The highest BCUT2D eigenvalue weighted by atomic mass is 16.3. The fourth-order valence-corrected chi connectivity index (χ4v) is 3.67. The maximum absolute atomic E-state index is 5.42. The first-order valence-electron chi connectivity index (χ1n) is 9.49. The molecule has 4 aromatic rings. The van der Waals surface area contributed by atoms with Crippen LogP contribution < -0.4 is 0 Å². The van der Waals surface area contributed by atoms with E-state index >= 15 is 0 Å². The van der Waals surface area contributed by atoms with Gasteiger partial charge < -0.3 is 8.98 Å². The van der Waals surface area contributed by atoms with Gasteiger partial charge in [-0.05, 0) is 17.7 Å². The molecule has 28 heavy (non-hydrogen) atoms. The Bertz CT molecular complexity index is 1060. The summed E-state index contributed by atoms with van der Waals surface area (Å²) >= 11 is 0. The van der Waals surface area contributed by atoms with Gasteiger partial charge in [0.25, 0.3) is 0 Å². The Morgan fingerprint density at radius 2 is 1.93 bits per heavy atom. The molecule has 0 unspecified atom stereocenters. The molecule has 140 valence electrons. The largest absolute Gasteiger partial charge is 0.461 e. The predicted octanol–water partition coefficient (Wildman–Crippen LogP) is 3.54. The molecular formula is C22H21N5O. The predicted molar refractivity (Wildman–Crippen MR) is 105 cm³/mol. The Labute approximate surface area is 163 Å². The minimum Gasteiger partial charge on any atom is -0.461 e. The molecule has 1 aliphatic heterocycles. The van der Waals surface area contributed by atoms with Gasteiger partial charge in [-0.15, -0.1) is 0 Å². The SMILES string of the molecule is c1ccc(Cn2cncc2CN2CCc3nc(-c4ccco4)ncc3C2)cc1. The van der Waals surface area contributed by atoms with Crippen LogP contribution in [0.1, 0.15) is 22.5 Å². The van der Waals surface area contributed by atoms with Gasteiger partial charge in [0.15, 0.2) is 11.6 Å². The van der Waals surface area contributed by atoms with Crippen LogP contribution >= 0.6 is 0 Å². The van der Waals surface area contributed by atoms with Gasteiger partial charge >= 0.3 is 0 Å². The van der Waals surface area contributed by atoms with E-state index in [1.165, 1.54) is 16.8 Å². The molecule has 0 spiro atoms. The molecule has 4 heterocycles. The number of fused-ring (bicyclic) bond motifs is 1. The van der Waals surface area contributed by atoms with Gasteiger partial charge in [0.1, 0.15) is 0 Å². The number of hydrogen-bond acceptors (Lipinski definition) is 5.